The zero-order chi connectivity index (χ0) is 10.5. The van der Waals surface area contributed by atoms with E-state index in [4.69, 9.17) is 23.2 Å². The summed E-state index contributed by atoms with van der Waals surface area (Å²) in [5.74, 6) is -0.792. The van der Waals surface area contributed by atoms with Crippen molar-refractivity contribution in [3.05, 3.63) is 0 Å². The lowest BCUT2D eigenvalue weighted by Gasteiger charge is -2.22. The first-order chi connectivity index (χ1) is 5.96. The zero-order valence-corrected chi connectivity index (χ0v) is 9.23. The standard InChI is InChI=1S/C8H14Cl2O3/c1-3-5-6(11)8(9,10)7(12)13-4-2/h6,11H,3-5H2,1-2H3/t6-/m1/s1. The summed E-state index contributed by atoms with van der Waals surface area (Å²) in [7, 11) is 0. The van der Waals surface area contributed by atoms with Gasteiger partial charge >= 0.3 is 5.97 Å². The van der Waals surface area contributed by atoms with Gasteiger partial charge in [-0.2, -0.15) is 0 Å². The van der Waals surface area contributed by atoms with E-state index >= 15 is 0 Å². The molecule has 0 aliphatic rings. The summed E-state index contributed by atoms with van der Waals surface area (Å²) in [5.41, 5.74) is 0. The number of aliphatic hydroxyl groups is 1. The number of carbonyl (C=O) groups excluding carboxylic acids is 1. The molecular formula is C8H14Cl2O3. The van der Waals surface area contributed by atoms with Gasteiger partial charge in [0, 0.05) is 0 Å². The van der Waals surface area contributed by atoms with Crippen LogP contribution < -0.4 is 0 Å². The molecule has 0 amide bonds. The average molecular weight is 229 g/mol. The Balaban J connectivity index is 4.26. The Morgan fingerprint density at radius 3 is 2.46 bits per heavy atom. The molecule has 0 saturated carbocycles. The Hall–Kier alpha value is 0.01000. The highest BCUT2D eigenvalue weighted by Gasteiger charge is 2.42. The van der Waals surface area contributed by atoms with Crippen LogP contribution >= 0.6 is 23.2 Å². The second kappa shape index (κ2) is 5.68. The molecule has 78 valence electrons. The predicted molar refractivity (Wildman–Crippen MR) is 52.0 cm³/mol. The van der Waals surface area contributed by atoms with E-state index in [-0.39, 0.29) is 6.61 Å². The van der Waals surface area contributed by atoms with Gasteiger partial charge in [-0.05, 0) is 13.3 Å². The van der Waals surface area contributed by atoms with E-state index in [9.17, 15) is 9.90 Å². The summed E-state index contributed by atoms with van der Waals surface area (Å²) in [5, 5.41) is 9.41. The van der Waals surface area contributed by atoms with Crippen molar-refractivity contribution in [3.8, 4) is 0 Å². The van der Waals surface area contributed by atoms with Crippen LogP contribution in [0.2, 0.25) is 0 Å². The van der Waals surface area contributed by atoms with Crippen molar-refractivity contribution in [2.75, 3.05) is 6.61 Å². The lowest BCUT2D eigenvalue weighted by molar-refractivity contribution is -0.146. The van der Waals surface area contributed by atoms with Crippen LogP contribution in [-0.4, -0.2) is 28.1 Å². The van der Waals surface area contributed by atoms with Gasteiger partial charge in [0.1, 0.15) is 0 Å². The number of hydrogen-bond donors (Lipinski definition) is 1. The number of carbonyl (C=O) groups is 1. The van der Waals surface area contributed by atoms with Crippen molar-refractivity contribution in [2.24, 2.45) is 0 Å². The molecule has 0 heterocycles. The van der Waals surface area contributed by atoms with Gasteiger partial charge in [0.15, 0.2) is 0 Å². The molecule has 0 aromatic heterocycles. The molecule has 0 aromatic carbocycles. The van der Waals surface area contributed by atoms with E-state index in [1.807, 2.05) is 6.92 Å². The molecule has 0 aromatic rings. The minimum absolute atomic E-state index is 0.193. The molecular weight excluding hydrogens is 215 g/mol. The fourth-order valence-corrected chi connectivity index (χ4v) is 1.15. The van der Waals surface area contributed by atoms with Gasteiger partial charge in [-0.15, -0.1) is 0 Å². The van der Waals surface area contributed by atoms with Crippen LogP contribution in [0.4, 0.5) is 0 Å². The summed E-state index contributed by atoms with van der Waals surface area (Å²) in [6.45, 7) is 3.70. The molecule has 0 aliphatic carbocycles. The van der Waals surface area contributed by atoms with E-state index in [0.29, 0.717) is 12.8 Å². The minimum Gasteiger partial charge on any atom is -0.464 e. The molecule has 0 aliphatic heterocycles. The molecule has 5 heteroatoms. The number of alkyl halides is 2. The van der Waals surface area contributed by atoms with E-state index in [1.54, 1.807) is 6.92 Å². The number of esters is 1. The van der Waals surface area contributed by atoms with Gasteiger partial charge in [0.25, 0.3) is 0 Å². The maximum absolute atomic E-state index is 11.1. The van der Waals surface area contributed by atoms with Crippen molar-refractivity contribution in [2.45, 2.75) is 37.1 Å². The molecule has 0 bridgehead atoms. The highest BCUT2D eigenvalue weighted by atomic mass is 35.5. The summed E-state index contributed by atoms with van der Waals surface area (Å²) >= 11 is 11.3. The average Bonchev–Trinajstić information content (AvgIpc) is 2.05. The van der Waals surface area contributed by atoms with Crippen LogP contribution in [0.3, 0.4) is 0 Å². The Labute approximate surface area is 88.0 Å². The monoisotopic (exact) mass is 228 g/mol. The Morgan fingerprint density at radius 2 is 2.08 bits per heavy atom. The maximum atomic E-state index is 11.1. The van der Waals surface area contributed by atoms with Gasteiger partial charge in [-0.25, -0.2) is 4.79 Å². The third-order valence-electron chi connectivity index (χ3n) is 1.53. The summed E-state index contributed by atoms with van der Waals surface area (Å²) in [4.78, 5) is 11.1. The first kappa shape index (κ1) is 13.0. The van der Waals surface area contributed by atoms with Crippen LogP contribution in [0.5, 0.6) is 0 Å². The van der Waals surface area contributed by atoms with E-state index in [1.165, 1.54) is 0 Å². The Kier molecular flexibility index (Phi) is 5.68. The van der Waals surface area contributed by atoms with Crippen molar-refractivity contribution in [3.63, 3.8) is 0 Å². The van der Waals surface area contributed by atoms with Gasteiger partial charge < -0.3 is 9.84 Å². The molecule has 0 spiro atoms. The number of aliphatic hydroxyl groups excluding tert-OH is 1. The SMILES string of the molecule is CCC[C@@H](O)C(Cl)(Cl)C(=O)OCC. The molecule has 1 N–H and O–H groups in total. The van der Waals surface area contributed by atoms with Crippen LogP contribution in [-0.2, 0) is 9.53 Å². The summed E-state index contributed by atoms with van der Waals surface area (Å²) < 4.78 is 2.77. The smallest absolute Gasteiger partial charge is 0.345 e. The van der Waals surface area contributed by atoms with Gasteiger partial charge in [0.05, 0.1) is 12.7 Å². The second-order valence-electron chi connectivity index (χ2n) is 2.65. The number of hydrogen-bond acceptors (Lipinski definition) is 3. The third-order valence-corrected chi connectivity index (χ3v) is 2.34. The van der Waals surface area contributed by atoms with E-state index in [0.717, 1.165) is 0 Å². The number of ether oxygens (including phenoxy) is 1. The van der Waals surface area contributed by atoms with Crippen LogP contribution in [0.1, 0.15) is 26.7 Å². The third kappa shape index (κ3) is 3.71. The normalized spacial score (nSPS) is 13.9. The van der Waals surface area contributed by atoms with Crippen molar-refractivity contribution in [1.82, 2.24) is 0 Å². The fourth-order valence-electron chi connectivity index (χ4n) is 0.818. The number of rotatable bonds is 5. The molecule has 13 heavy (non-hydrogen) atoms. The van der Waals surface area contributed by atoms with Crippen LogP contribution in [0.25, 0.3) is 0 Å². The van der Waals surface area contributed by atoms with Gasteiger partial charge in [0.2, 0.25) is 4.33 Å². The Bertz CT molecular complexity index is 171. The largest absolute Gasteiger partial charge is 0.464 e. The topological polar surface area (TPSA) is 46.5 Å². The Morgan fingerprint density at radius 1 is 1.54 bits per heavy atom. The minimum atomic E-state index is -1.84. The first-order valence-corrected chi connectivity index (χ1v) is 4.95. The first-order valence-electron chi connectivity index (χ1n) is 4.19. The molecule has 0 saturated heterocycles. The highest BCUT2D eigenvalue weighted by Crippen LogP contribution is 2.29. The molecule has 0 rings (SSSR count). The van der Waals surface area contributed by atoms with Crippen molar-refractivity contribution >= 4 is 29.2 Å². The lowest BCUT2D eigenvalue weighted by Crippen LogP contribution is -2.40. The quantitative estimate of drug-likeness (QED) is 0.578. The van der Waals surface area contributed by atoms with Crippen LogP contribution in [0.15, 0.2) is 0 Å². The zero-order valence-electron chi connectivity index (χ0n) is 7.72. The fraction of sp³-hybridized carbons (Fsp3) is 0.875. The van der Waals surface area contributed by atoms with Crippen molar-refractivity contribution in [1.29, 1.82) is 0 Å². The predicted octanol–water partition coefficient (Wildman–Crippen LogP) is 1.88. The van der Waals surface area contributed by atoms with E-state index in [2.05, 4.69) is 4.74 Å². The molecule has 0 radical (unpaired) electrons. The van der Waals surface area contributed by atoms with Gasteiger partial charge in [-0.1, -0.05) is 36.5 Å². The molecule has 0 fully saturated rings. The number of halogens is 2. The van der Waals surface area contributed by atoms with E-state index < -0.39 is 16.4 Å². The highest BCUT2D eigenvalue weighted by molar-refractivity contribution is 6.58. The van der Waals surface area contributed by atoms with Gasteiger partial charge in [-0.3, -0.25) is 0 Å². The molecule has 1 atom stereocenters. The summed E-state index contributed by atoms with van der Waals surface area (Å²) in [6, 6.07) is 0. The molecule has 3 nitrogen and oxygen atoms in total. The van der Waals surface area contributed by atoms with Crippen molar-refractivity contribution < 1.29 is 14.6 Å². The molecule has 0 unspecified atom stereocenters. The maximum Gasteiger partial charge on any atom is 0.345 e. The summed E-state index contributed by atoms with van der Waals surface area (Å²) in [6.07, 6.45) is -0.0204. The second-order valence-corrected chi connectivity index (χ2v) is 4.03. The lowest BCUT2D eigenvalue weighted by atomic mass is 10.1. The van der Waals surface area contributed by atoms with Crippen LogP contribution in [0, 0.1) is 0 Å².